The molecule has 0 aromatic heterocycles. The summed E-state index contributed by atoms with van der Waals surface area (Å²) in [6, 6.07) is 25.4. The molecule has 4 nitrogen and oxygen atoms in total. The van der Waals surface area contributed by atoms with Crippen LogP contribution in [0.15, 0.2) is 78.9 Å². The lowest BCUT2D eigenvalue weighted by atomic mass is 9.77. The Bertz CT molecular complexity index is 920. The van der Waals surface area contributed by atoms with Crippen molar-refractivity contribution in [2.24, 2.45) is 0 Å². The van der Waals surface area contributed by atoms with E-state index in [1.54, 1.807) is 14.2 Å². The van der Waals surface area contributed by atoms with Crippen molar-refractivity contribution in [3.05, 3.63) is 90.0 Å². The molecule has 0 spiro atoms. The van der Waals surface area contributed by atoms with Crippen LogP contribution in [-0.4, -0.2) is 20.1 Å². The molecule has 4 heteroatoms. The molecule has 1 heterocycles. The number of rotatable bonds is 5. The van der Waals surface area contributed by atoms with Gasteiger partial charge in [-0.3, -0.25) is 4.79 Å². The van der Waals surface area contributed by atoms with Crippen LogP contribution in [0.2, 0.25) is 0 Å². The lowest BCUT2D eigenvalue weighted by molar-refractivity contribution is -0.126. The first-order chi connectivity index (χ1) is 13.2. The van der Waals surface area contributed by atoms with Gasteiger partial charge in [0.15, 0.2) is 0 Å². The van der Waals surface area contributed by atoms with Crippen molar-refractivity contribution in [1.29, 1.82) is 0 Å². The molecule has 0 unspecified atom stereocenters. The maximum Gasteiger partial charge on any atom is 0.237 e. The maximum atomic E-state index is 13.1. The largest absolute Gasteiger partial charge is 0.497 e. The Balaban J connectivity index is 1.73. The molecule has 3 aromatic carbocycles. The number of methoxy groups -OCH3 is 2. The van der Waals surface area contributed by atoms with Gasteiger partial charge in [-0.05, 0) is 47.5 Å². The van der Waals surface area contributed by atoms with Crippen LogP contribution < -0.4 is 14.4 Å². The molecule has 3 aromatic rings. The molecule has 0 N–H and O–H groups in total. The van der Waals surface area contributed by atoms with Gasteiger partial charge in [-0.15, -0.1) is 0 Å². The number of anilines is 1. The van der Waals surface area contributed by atoms with Crippen molar-refractivity contribution in [1.82, 2.24) is 0 Å². The Morgan fingerprint density at radius 1 is 0.704 bits per heavy atom. The number of ether oxygens (including phenoxy) is 2. The summed E-state index contributed by atoms with van der Waals surface area (Å²) in [7, 11) is 3.29. The summed E-state index contributed by atoms with van der Waals surface area (Å²) in [4.78, 5) is 15.0. The molecule has 2 atom stereocenters. The Labute approximate surface area is 159 Å². The minimum atomic E-state index is -0.193. The Hall–Kier alpha value is -3.27. The third-order valence-corrected chi connectivity index (χ3v) is 5.06. The normalized spacial score (nSPS) is 18.7. The van der Waals surface area contributed by atoms with E-state index in [-0.39, 0.29) is 17.9 Å². The molecule has 1 saturated heterocycles. The summed E-state index contributed by atoms with van der Waals surface area (Å²) in [6.45, 7) is 0. The van der Waals surface area contributed by atoms with Crippen LogP contribution in [0.4, 0.5) is 5.69 Å². The number of carbonyl (C=O) groups excluding carboxylic acids is 1. The van der Waals surface area contributed by atoms with Crippen LogP contribution in [0, 0.1) is 0 Å². The molecular weight excluding hydrogens is 338 g/mol. The number of hydrogen-bond acceptors (Lipinski definition) is 3. The topological polar surface area (TPSA) is 38.8 Å². The van der Waals surface area contributed by atoms with Gasteiger partial charge < -0.3 is 14.4 Å². The van der Waals surface area contributed by atoms with Gasteiger partial charge in [-0.1, -0.05) is 42.5 Å². The Kier molecular flexibility index (Phi) is 4.55. The van der Waals surface area contributed by atoms with Crippen LogP contribution in [0.5, 0.6) is 11.5 Å². The Morgan fingerprint density at radius 2 is 1.26 bits per heavy atom. The van der Waals surface area contributed by atoms with E-state index >= 15 is 0 Å². The summed E-state index contributed by atoms with van der Waals surface area (Å²) < 4.78 is 10.5. The molecule has 136 valence electrons. The fraction of sp³-hybridized carbons (Fsp3) is 0.174. The minimum absolute atomic E-state index is 0.0563. The molecule has 0 aliphatic carbocycles. The van der Waals surface area contributed by atoms with E-state index in [0.717, 1.165) is 28.3 Å². The number of β-lactam (4-membered cyclic amide) rings is 1. The smallest absolute Gasteiger partial charge is 0.237 e. The molecule has 1 aliphatic heterocycles. The van der Waals surface area contributed by atoms with E-state index in [2.05, 4.69) is 0 Å². The average Bonchev–Trinajstić information content (AvgIpc) is 2.73. The fourth-order valence-electron chi connectivity index (χ4n) is 3.65. The lowest BCUT2D eigenvalue weighted by Gasteiger charge is -2.47. The average molecular weight is 359 g/mol. The zero-order valence-electron chi connectivity index (χ0n) is 15.3. The van der Waals surface area contributed by atoms with Crippen molar-refractivity contribution in [2.75, 3.05) is 19.1 Å². The number of hydrogen-bond donors (Lipinski definition) is 0. The molecule has 27 heavy (non-hydrogen) atoms. The van der Waals surface area contributed by atoms with Crippen molar-refractivity contribution >= 4 is 11.6 Å². The second-order valence-corrected chi connectivity index (χ2v) is 6.51. The van der Waals surface area contributed by atoms with Gasteiger partial charge in [0, 0.05) is 5.69 Å². The lowest BCUT2D eigenvalue weighted by Crippen LogP contribution is -2.53. The summed E-state index contributed by atoms with van der Waals surface area (Å²) in [6.07, 6.45) is 0. The van der Waals surface area contributed by atoms with Gasteiger partial charge in [-0.25, -0.2) is 0 Å². The van der Waals surface area contributed by atoms with Gasteiger partial charge in [0.25, 0.3) is 0 Å². The highest BCUT2D eigenvalue weighted by molar-refractivity contribution is 6.06. The molecule has 1 amide bonds. The minimum Gasteiger partial charge on any atom is -0.497 e. The molecule has 1 fully saturated rings. The van der Waals surface area contributed by atoms with Gasteiger partial charge in [0.1, 0.15) is 11.5 Å². The quantitative estimate of drug-likeness (QED) is 0.626. The number of benzene rings is 3. The van der Waals surface area contributed by atoms with Crippen LogP contribution in [0.25, 0.3) is 0 Å². The number of amides is 1. The summed E-state index contributed by atoms with van der Waals surface area (Å²) >= 11 is 0. The monoisotopic (exact) mass is 359 g/mol. The van der Waals surface area contributed by atoms with E-state index in [9.17, 15) is 4.79 Å². The van der Waals surface area contributed by atoms with E-state index < -0.39 is 0 Å². The van der Waals surface area contributed by atoms with Crippen molar-refractivity contribution < 1.29 is 14.3 Å². The number of carbonyl (C=O) groups is 1. The maximum absolute atomic E-state index is 13.1. The van der Waals surface area contributed by atoms with Crippen LogP contribution in [0.1, 0.15) is 23.1 Å². The van der Waals surface area contributed by atoms with E-state index in [0.29, 0.717) is 0 Å². The Morgan fingerprint density at radius 3 is 1.81 bits per heavy atom. The van der Waals surface area contributed by atoms with E-state index in [1.807, 2.05) is 83.8 Å². The zero-order valence-corrected chi connectivity index (χ0v) is 15.3. The first-order valence-electron chi connectivity index (χ1n) is 8.89. The van der Waals surface area contributed by atoms with Gasteiger partial charge in [0.2, 0.25) is 5.91 Å². The second-order valence-electron chi connectivity index (χ2n) is 6.51. The summed E-state index contributed by atoms with van der Waals surface area (Å²) in [5.74, 6) is 1.48. The van der Waals surface area contributed by atoms with Gasteiger partial charge in [0.05, 0.1) is 26.2 Å². The van der Waals surface area contributed by atoms with Crippen LogP contribution >= 0.6 is 0 Å². The second kappa shape index (κ2) is 7.16. The summed E-state index contributed by atoms with van der Waals surface area (Å²) in [5.41, 5.74) is 2.99. The summed E-state index contributed by atoms with van der Waals surface area (Å²) in [5, 5.41) is 0. The SMILES string of the molecule is COc1ccc([C@@H]2[C@H](c3ccccc3)C(=O)N2c2ccc(OC)cc2)cc1. The van der Waals surface area contributed by atoms with Gasteiger partial charge >= 0.3 is 0 Å². The zero-order chi connectivity index (χ0) is 18.8. The van der Waals surface area contributed by atoms with Crippen molar-refractivity contribution in [3.8, 4) is 11.5 Å². The van der Waals surface area contributed by atoms with Crippen LogP contribution in [-0.2, 0) is 4.79 Å². The standard InChI is InChI=1S/C23H21NO3/c1-26-19-12-8-17(9-13-19)22-21(16-6-4-3-5-7-16)23(25)24(22)18-10-14-20(27-2)15-11-18/h3-15,21-22H,1-2H3/t21-,22+/m0/s1. The van der Waals surface area contributed by atoms with E-state index in [1.165, 1.54) is 0 Å². The van der Waals surface area contributed by atoms with Crippen LogP contribution in [0.3, 0.4) is 0 Å². The first kappa shape index (κ1) is 17.2. The highest BCUT2D eigenvalue weighted by atomic mass is 16.5. The van der Waals surface area contributed by atoms with E-state index in [4.69, 9.17) is 9.47 Å². The van der Waals surface area contributed by atoms with Gasteiger partial charge in [-0.2, -0.15) is 0 Å². The predicted octanol–water partition coefficient (Wildman–Crippen LogP) is 4.58. The fourth-order valence-corrected chi connectivity index (χ4v) is 3.65. The van der Waals surface area contributed by atoms with Crippen molar-refractivity contribution in [2.45, 2.75) is 12.0 Å². The molecule has 0 bridgehead atoms. The van der Waals surface area contributed by atoms with Crippen molar-refractivity contribution in [3.63, 3.8) is 0 Å². The predicted molar refractivity (Wildman–Crippen MR) is 105 cm³/mol. The number of nitrogens with zero attached hydrogens (tertiary/aromatic N) is 1. The highest BCUT2D eigenvalue weighted by Gasteiger charge is 2.49. The molecule has 0 radical (unpaired) electrons. The molecular formula is C23H21NO3. The third-order valence-electron chi connectivity index (χ3n) is 5.06. The first-order valence-corrected chi connectivity index (χ1v) is 8.89. The molecule has 4 rings (SSSR count). The molecule has 1 aliphatic rings. The third kappa shape index (κ3) is 3.04. The molecule has 0 saturated carbocycles. The highest BCUT2D eigenvalue weighted by Crippen LogP contribution is 2.49.